The van der Waals surface area contributed by atoms with Gasteiger partial charge in [0.25, 0.3) is 0 Å². The third kappa shape index (κ3) is 8.47. The zero-order chi connectivity index (χ0) is 23.2. The molecule has 0 unspecified atom stereocenters. The number of alkyl carbamates (subject to hydrolysis) is 1. The SMILES string of the molecule is CC(C)COC(=O)[C@H](Cc1ccc(N=c2ssnc2Cl)c(O)c1)NC(=O)OC(C)(C)C. The lowest BCUT2D eigenvalue weighted by Crippen LogP contribution is -2.45. The topological polar surface area (TPSA) is 110 Å². The molecular weight excluding hydrogens is 462 g/mol. The number of aromatic hydroxyl groups is 1. The van der Waals surface area contributed by atoms with Crippen molar-refractivity contribution in [2.45, 2.75) is 52.7 Å². The predicted octanol–water partition coefficient (Wildman–Crippen LogP) is 4.43. The molecule has 0 saturated carbocycles. The van der Waals surface area contributed by atoms with Crippen LogP contribution in [0.3, 0.4) is 0 Å². The van der Waals surface area contributed by atoms with Crippen molar-refractivity contribution in [3.8, 4) is 5.75 Å². The van der Waals surface area contributed by atoms with E-state index in [1.165, 1.54) is 26.9 Å². The van der Waals surface area contributed by atoms with Gasteiger partial charge in [0.05, 0.1) is 6.61 Å². The molecule has 1 heterocycles. The molecule has 0 aliphatic carbocycles. The van der Waals surface area contributed by atoms with E-state index in [0.29, 0.717) is 15.9 Å². The molecule has 31 heavy (non-hydrogen) atoms. The first kappa shape index (κ1) is 25.1. The summed E-state index contributed by atoms with van der Waals surface area (Å²) >= 11 is 5.95. The summed E-state index contributed by atoms with van der Waals surface area (Å²) in [6.07, 6.45) is -0.621. The van der Waals surface area contributed by atoms with Crippen LogP contribution in [-0.4, -0.2) is 39.8 Å². The van der Waals surface area contributed by atoms with Crippen molar-refractivity contribution in [2.75, 3.05) is 6.61 Å². The Morgan fingerprint density at radius 3 is 2.58 bits per heavy atom. The van der Waals surface area contributed by atoms with E-state index in [4.69, 9.17) is 21.1 Å². The Hall–Kier alpha value is -2.17. The number of halogens is 1. The van der Waals surface area contributed by atoms with Crippen LogP contribution in [0.15, 0.2) is 23.2 Å². The fourth-order valence-electron chi connectivity index (χ4n) is 2.35. The van der Waals surface area contributed by atoms with Crippen LogP contribution >= 0.6 is 32.5 Å². The monoisotopic (exact) mass is 487 g/mol. The molecule has 1 aromatic carbocycles. The van der Waals surface area contributed by atoms with E-state index in [0.717, 1.165) is 0 Å². The summed E-state index contributed by atoms with van der Waals surface area (Å²) in [5, 5.41) is 13.2. The van der Waals surface area contributed by atoms with Crippen molar-refractivity contribution in [3.05, 3.63) is 33.6 Å². The van der Waals surface area contributed by atoms with Gasteiger partial charge in [-0.25, -0.2) is 14.6 Å². The van der Waals surface area contributed by atoms with Crippen molar-refractivity contribution >= 4 is 50.2 Å². The van der Waals surface area contributed by atoms with Crippen molar-refractivity contribution in [3.63, 3.8) is 0 Å². The third-order valence-corrected chi connectivity index (χ3v) is 5.82. The van der Waals surface area contributed by atoms with Crippen LogP contribution in [0, 0.1) is 5.92 Å². The Balaban J connectivity index is 2.20. The minimum Gasteiger partial charge on any atom is -0.506 e. The molecule has 0 aliphatic rings. The molecule has 170 valence electrons. The summed E-state index contributed by atoms with van der Waals surface area (Å²) in [6.45, 7) is 9.25. The number of phenolic OH excluding ortho intramolecular Hbond substituents is 1. The van der Waals surface area contributed by atoms with Crippen molar-refractivity contribution in [2.24, 2.45) is 10.9 Å². The van der Waals surface area contributed by atoms with Gasteiger partial charge in [-0.3, -0.25) is 0 Å². The summed E-state index contributed by atoms with van der Waals surface area (Å²) in [4.78, 5) is 29.1. The maximum Gasteiger partial charge on any atom is 0.408 e. The number of carbonyl (C=O) groups is 2. The number of nitrogens with one attached hydrogen (secondary N) is 1. The molecule has 2 N–H and O–H groups in total. The van der Waals surface area contributed by atoms with Crippen LogP contribution in [-0.2, 0) is 20.7 Å². The predicted molar refractivity (Wildman–Crippen MR) is 121 cm³/mol. The van der Waals surface area contributed by atoms with Crippen LogP contribution in [0.2, 0.25) is 5.15 Å². The van der Waals surface area contributed by atoms with E-state index in [-0.39, 0.29) is 29.8 Å². The molecule has 8 nitrogen and oxygen atoms in total. The Bertz CT molecular complexity index is 982. The van der Waals surface area contributed by atoms with Gasteiger partial charge in [-0.05, 0) is 54.7 Å². The average Bonchev–Trinajstić information content (AvgIpc) is 3.04. The molecular formula is C20H26ClN3O5S2. The molecule has 1 aromatic heterocycles. The van der Waals surface area contributed by atoms with E-state index in [9.17, 15) is 14.7 Å². The minimum atomic E-state index is -0.978. The van der Waals surface area contributed by atoms with Crippen LogP contribution in [0.5, 0.6) is 5.75 Å². The van der Waals surface area contributed by atoms with Gasteiger partial charge in [-0.1, -0.05) is 31.5 Å². The second-order valence-corrected chi connectivity index (χ2v) is 10.4. The van der Waals surface area contributed by atoms with Gasteiger partial charge in [0.2, 0.25) is 0 Å². The Morgan fingerprint density at radius 1 is 1.32 bits per heavy atom. The number of ether oxygens (including phenoxy) is 2. The first-order valence-electron chi connectivity index (χ1n) is 9.59. The lowest BCUT2D eigenvalue weighted by atomic mass is 10.0. The van der Waals surface area contributed by atoms with Crippen molar-refractivity contribution in [1.29, 1.82) is 0 Å². The highest BCUT2D eigenvalue weighted by atomic mass is 35.5. The zero-order valence-corrected chi connectivity index (χ0v) is 20.4. The van der Waals surface area contributed by atoms with Crippen molar-refractivity contribution in [1.82, 2.24) is 9.69 Å². The molecule has 1 atom stereocenters. The molecule has 11 heteroatoms. The first-order valence-corrected chi connectivity index (χ1v) is 12.1. The van der Waals surface area contributed by atoms with Crippen LogP contribution in [0.4, 0.5) is 10.5 Å². The molecule has 0 aliphatic heterocycles. The second-order valence-electron chi connectivity index (χ2n) is 8.21. The Kier molecular flexibility index (Phi) is 8.84. The quantitative estimate of drug-likeness (QED) is 0.441. The number of rotatable bonds is 7. The smallest absolute Gasteiger partial charge is 0.408 e. The van der Waals surface area contributed by atoms with Gasteiger partial charge in [-0.2, -0.15) is 4.37 Å². The molecule has 2 rings (SSSR count). The average molecular weight is 488 g/mol. The standard InChI is InChI=1S/C20H26ClN3O5S2/c1-11(2)10-28-18(26)14(23-19(27)29-20(3,4)5)8-12-6-7-13(15(25)9-12)22-17-16(21)24-31-30-17/h6-7,9,11,14,25H,8,10H2,1-5H3,(H,23,27)/t14-/m0/s1. The van der Waals surface area contributed by atoms with Crippen LogP contribution in [0.25, 0.3) is 0 Å². The van der Waals surface area contributed by atoms with E-state index >= 15 is 0 Å². The fourth-order valence-corrected chi connectivity index (χ4v) is 4.34. The van der Waals surface area contributed by atoms with Gasteiger partial charge in [0, 0.05) is 17.0 Å². The van der Waals surface area contributed by atoms with E-state index in [1.54, 1.807) is 32.9 Å². The number of hydrogen-bond acceptors (Lipinski definition) is 9. The first-order chi connectivity index (χ1) is 14.4. The normalized spacial score (nSPS) is 13.2. The molecule has 0 spiro atoms. The number of amides is 1. The number of nitrogens with zero attached hydrogens (tertiary/aromatic N) is 2. The fraction of sp³-hybridized carbons (Fsp3) is 0.500. The summed E-state index contributed by atoms with van der Waals surface area (Å²) < 4.78 is 15.0. The Morgan fingerprint density at radius 2 is 2.03 bits per heavy atom. The second kappa shape index (κ2) is 10.9. The molecule has 0 fully saturated rings. The summed E-state index contributed by atoms with van der Waals surface area (Å²) in [5.74, 6) is -0.514. The molecule has 0 bridgehead atoms. The van der Waals surface area contributed by atoms with Gasteiger partial charge >= 0.3 is 12.1 Å². The van der Waals surface area contributed by atoms with Crippen LogP contribution in [0.1, 0.15) is 40.2 Å². The number of hydrogen-bond donors (Lipinski definition) is 2. The number of phenols is 1. The highest BCUT2D eigenvalue weighted by molar-refractivity contribution is 7.66. The molecule has 1 amide bonds. The van der Waals surface area contributed by atoms with Crippen LogP contribution < -0.4 is 9.99 Å². The van der Waals surface area contributed by atoms with Gasteiger partial charge in [-0.15, -0.1) is 0 Å². The highest BCUT2D eigenvalue weighted by Gasteiger charge is 2.26. The minimum absolute atomic E-state index is 0.0847. The zero-order valence-electron chi connectivity index (χ0n) is 18.0. The van der Waals surface area contributed by atoms with Gasteiger partial charge < -0.3 is 19.9 Å². The number of aromatic nitrogens is 1. The number of benzene rings is 1. The maximum absolute atomic E-state index is 12.6. The Labute approximate surface area is 193 Å². The largest absolute Gasteiger partial charge is 0.506 e. The van der Waals surface area contributed by atoms with E-state index in [1.807, 2.05) is 13.8 Å². The maximum atomic E-state index is 12.6. The summed E-state index contributed by atoms with van der Waals surface area (Å²) in [6, 6.07) is 3.82. The van der Waals surface area contributed by atoms with Crippen molar-refractivity contribution < 1.29 is 24.2 Å². The third-order valence-electron chi connectivity index (χ3n) is 3.65. The van der Waals surface area contributed by atoms with Gasteiger partial charge in [0.15, 0.2) is 9.82 Å². The summed E-state index contributed by atoms with van der Waals surface area (Å²) in [7, 11) is 2.49. The molecule has 0 saturated heterocycles. The molecule has 2 aromatic rings. The lowest BCUT2D eigenvalue weighted by molar-refractivity contribution is -0.147. The molecule has 0 radical (unpaired) electrons. The number of carbonyl (C=O) groups excluding carboxylic acids is 2. The van der Waals surface area contributed by atoms with E-state index < -0.39 is 23.7 Å². The lowest BCUT2D eigenvalue weighted by Gasteiger charge is -2.23. The summed E-state index contributed by atoms with van der Waals surface area (Å²) in [5.41, 5.74) is 0.217. The number of esters is 1. The van der Waals surface area contributed by atoms with Gasteiger partial charge in [0.1, 0.15) is 23.1 Å². The highest BCUT2D eigenvalue weighted by Crippen LogP contribution is 2.28. The van der Waals surface area contributed by atoms with E-state index in [2.05, 4.69) is 14.7 Å².